The molecule has 6 nitrogen and oxygen atoms in total. The van der Waals surface area contributed by atoms with Crippen LogP contribution >= 0.6 is 0 Å². The van der Waals surface area contributed by atoms with Crippen LogP contribution < -0.4 is 10.6 Å². The maximum atomic E-state index is 13.4. The van der Waals surface area contributed by atoms with Crippen LogP contribution in [0, 0.1) is 5.82 Å². The molecule has 0 aliphatic rings. The number of benzene rings is 1. The molecular formula is C19H21FN6. The number of nitrogens with zero attached hydrogens (tertiary/aromatic N) is 4. The quantitative estimate of drug-likeness (QED) is 0.679. The Morgan fingerprint density at radius 1 is 1.08 bits per heavy atom. The van der Waals surface area contributed by atoms with Crippen LogP contribution in [0.4, 0.5) is 21.8 Å². The number of hydrogen-bond acceptors (Lipinski definition) is 6. The number of halogens is 1. The lowest BCUT2D eigenvalue weighted by molar-refractivity contribution is 0.425. The highest BCUT2D eigenvalue weighted by molar-refractivity contribution is 5.66. The average Bonchev–Trinajstić information content (AvgIpc) is 2.62. The molecule has 134 valence electrons. The third kappa shape index (κ3) is 4.97. The van der Waals surface area contributed by atoms with E-state index in [0.717, 1.165) is 17.8 Å². The van der Waals surface area contributed by atoms with Gasteiger partial charge in [0.1, 0.15) is 11.6 Å². The minimum atomic E-state index is -0.305. The van der Waals surface area contributed by atoms with Gasteiger partial charge in [0.15, 0.2) is 0 Å². The Hall–Kier alpha value is -3.06. The van der Waals surface area contributed by atoms with Gasteiger partial charge < -0.3 is 15.5 Å². The summed E-state index contributed by atoms with van der Waals surface area (Å²) < 4.78 is 13.4. The Morgan fingerprint density at radius 2 is 1.96 bits per heavy atom. The number of aromatic nitrogens is 3. The predicted octanol–water partition coefficient (Wildman–Crippen LogP) is 3.39. The van der Waals surface area contributed by atoms with Crippen LogP contribution in [-0.2, 0) is 0 Å². The second kappa shape index (κ2) is 8.35. The number of rotatable bonds is 7. The molecule has 7 heteroatoms. The summed E-state index contributed by atoms with van der Waals surface area (Å²) in [5.74, 6) is 0.782. The van der Waals surface area contributed by atoms with Gasteiger partial charge in [-0.25, -0.2) is 9.37 Å². The second-order valence-electron chi connectivity index (χ2n) is 6.07. The smallest absolute Gasteiger partial charge is 0.225 e. The van der Waals surface area contributed by atoms with Crippen molar-refractivity contribution in [2.45, 2.75) is 0 Å². The van der Waals surface area contributed by atoms with Crippen molar-refractivity contribution >= 4 is 17.5 Å². The summed E-state index contributed by atoms with van der Waals surface area (Å²) in [6, 6.07) is 11.9. The Labute approximate surface area is 152 Å². The van der Waals surface area contributed by atoms with Crippen LogP contribution in [0.5, 0.6) is 0 Å². The maximum Gasteiger partial charge on any atom is 0.225 e. The van der Waals surface area contributed by atoms with Gasteiger partial charge in [0, 0.05) is 42.8 Å². The van der Waals surface area contributed by atoms with Crippen molar-refractivity contribution in [3.63, 3.8) is 0 Å². The molecule has 1 aromatic carbocycles. The molecule has 3 aromatic rings. The molecule has 0 radical (unpaired) electrons. The van der Waals surface area contributed by atoms with Gasteiger partial charge in [-0.1, -0.05) is 6.07 Å². The summed E-state index contributed by atoms with van der Waals surface area (Å²) in [6.45, 7) is 1.57. The molecule has 0 spiro atoms. The van der Waals surface area contributed by atoms with Crippen LogP contribution in [0.25, 0.3) is 11.3 Å². The first-order valence-electron chi connectivity index (χ1n) is 8.31. The van der Waals surface area contributed by atoms with Crippen molar-refractivity contribution in [2.75, 3.05) is 37.8 Å². The van der Waals surface area contributed by atoms with Gasteiger partial charge >= 0.3 is 0 Å². The van der Waals surface area contributed by atoms with Crippen LogP contribution in [0.15, 0.2) is 54.9 Å². The lowest BCUT2D eigenvalue weighted by atomic mass is 10.2. The van der Waals surface area contributed by atoms with Gasteiger partial charge in [-0.15, -0.1) is 0 Å². The van der Waals surface area contributed by atoms with E-state index in [9.17, 15) is 4.39 Å². The van der Waals surface area contributed by atoms with Gasteiger partial charge in [-0.3, -0.25) is 4.98 Å². The standard InChI is InChI=1S/C19H21FN6/c1-26(2)10-9-22-19-24-17(14-5-4-8-21-13-14)12-18(25-19)23-16-7-3-6-15(20)11-16/h3-8,11-13H,9-10H2,1-2H3,(H2,22,23,24,25). The largest absolute Gasteiger partial charge is 0.353 e. The van der Waals surface area contributed by atoms with Crippen LogP contribution in [0.3, 0.4) is 0 Å². The molecule has 0 atom stereocenters. The zero-order valence-electron chi connectivity index (χ0n) is 14.8. The Morgan fingerprint density at radius 3 is 2.69 bits per heavy atom. The molecule has 0 aliphatic heterocycles. The number of pyridine rings is 1. The minimum absolute atomic E-state index is 0.305. The third-order valence-electron chi connectivity index (χ3n) is 3.62. The maximum absolute atomic E-state index is 13.4. The molecule has 0 bridgehead atoms. The molecule has 3 rings (SSSR count). The van der Waals surface area contributed by atoms with E-state index in [1.54, 1.807) is 24.5 Å². The molecule has 2 aromatic heterocycles. The molecule has 2 N–H and O–H groups in total. The van der Waals surface area contributed by atoms with Gasteiger partial charge in [0.05, 0.1) is 5.69 Å². The van der Waals surface area contributed by atoms with Gasteiger partial charge in [0.25, 0.3) is 0 Å². The summed E-state index contributed by atoms with van der Waals surface area (Å²) in [7, 11) is 4.01. The number of nitrogens with one attached hydrogen (secondary N) is 2. The molecule has 0 amide bonds. The first kappa shape index (κ1) is 17.8. The van der Waals surface area contributed by atoms with Crippen LogP contribution in [-0.4, -0.2) is 47.0 Å². The van der Waals surface area contributed by atoms with E-state index in [0.29, 0.717) is 24.0 Å². The zero-order chi connectivity index (χ0) is 18.4. The van der Waals surface area contributed by atoms with E-state index in [4.69, 9.17) is 0 Å². The second-order valence-corrected chi connectivity index (χ2v) is 6.07. The third-order valence-corrected chi connectivity index (χ3v) is 3.62. The van der Waals surface area contributed by atoms with Crippen molar-refractivity contribution in [3.05, 3.63) is 60.7 Å². The summed E-state index contributed by atoms with van der Waals surface area (Å²) >= 11 is 0. The summed E-state index contributed by atoms with van der Waals surface area (Å²) in [4.78, 5) is 15.3. The molecule has 0 saturated heterocycles. The zero-order valence-corrected chi connectivity index (χ0v) is 14.8. The van der Waals surface area contributed by atoms with Crippen molar-refractivity contribution < 1.29 is 4.39 Å². The first-order valence-corrected chi connectivity index (χ1v) is 8.31. The van der Waals surface area contributed by atoms with Crippen molar-refractivity contribution in [3.8, 4) is 11.3 Å². The Bertz CT molecular complexity index is 854. The van der Waals surface area contributed by atoms with E-state index in [1.807, 2.05) is 32.3 Å². The highest BCUT2D eigenvalue weighted by atomic mass is 19.1. The monoisotopic (exact) mass is 352 g/mol. The topological polar surface area (TPSA) is 66.0 Å². The SMILES string of the molecule is CN(C)CCNc1nc(Nc2cccc(F)c2)cc(-c2cccnc2)n1. The first-order chi connectivity index (χ1) is 12.6. The lowest BCUT2D eigenvalue weighted by Crippen LogP contribution is -2.21. The van der Waals surface area contributed by atoms with E-state index in [1.165, 1.54) is 12.1 Å². The fraction of sp³-hybridized carbons (Fsp3) is 0.211. The van der Waals surface area contributed by atoms with Gasteiger partial charge in [0.2, 0.25) is 5.95 Å². The normalized spacial score (nSPS) is 10.8. The molecule has 2 heterocycles. The molecule has 26 heavy (non-hydrogen) atoms. The van der Waals surface area contributed by atoms with E-state index in [2.05, 4.69) is 30.5 Å². The van der Waals surface area contributed by atoms with Gasteiger partial charge in [-0.05, 0) is 44.4 Å². The Balaban J connectivity index is 1.89. The van der Waals surface area contributed by atoms with Crippen LogP contribution in [0.1, 0.15) is 0 Å². The number of likely N-dealkylation sites (N-methyl/N-ethyl adjacent to an activating group) is 1. The summed E-state index contributed by atoms with van der Waals surface area (Å²) in [6.07, 6.45) is 3.46. The fourth-order valence-electron chi connectivity index (χ4n) is 2.36. The molecular weight excluding hydrogens is 331 g/mol. The van der Waals surface area contributed by atoms with Gasteiger partial charge in [-0.2, -0.15) is 4.98 Å². The molecule has 0 aliphatic carbocycles. The minimum Gasteiger partial charge on any atom is -0.353 e. The average molecular weight is 352 g/mol. The van der Waals surface area contributed by atoms with Crippen molar-refractivity contribution in [1.29, 1.82) is 0 Å². The molecule has 0 saturated carbocycles. The number of anilines is 3. The lowest BCUT2D eigenvalue weighted by Gasteiger charge is -2.13. The molecule has 0 unspecified atom stereocenters. The highest BCUT2D eigenvalue weighted by Crippen LogP contribution is 2.23. The summed E-state index contributed by atoms with van der Waals surface area (Å²) in [5, 5.41) is 6.36. The predicted molar refractivity (Wildman–Crippen MR) is 102 cm³/mol. The fourth-order valence-corrected chi connectivity index (χ4v) is 2.36. The summed E-state index contributed by atoms with van der Waals surface area (Å²) in [5.41, 5.74) is 2.24. The van der Waals surface area contributed by atoms with Crippen molar-refractivity contribution in [2.24, 2.45) is 0 Å². The Kier molecular flexibility index (Phi) is 5.70. The van der Waals surface area contributed by atoms with E-state index >= 15 is 0 Å². The molecule has 0 fully saturated rings. The number of hydrogen-bond donors (Lipinski definition) is 2. The van der Waals surface area contributed by atoms with E-state index < -0.39 is 0 Å². The van der Waals surface area contributed by atoms with Crippen LogP contribution in [0.2, 0.25) is 0 Å². The van der Waals surface area contributed by atoms with Crippen molar-refractivity contribution in [1.82, 2.24) is 19.9 Å². The van der Waals surface area contributed by atoms with E-state index in [-0.39, 0.29) is 5.82 Å². The highest BCUT2D eigenvalue weighted by Gasteiger charge is 2.08.